The quantitative estimate of drug-likeness (QED) is 0.924. The number of methoxy groups -OCH3 is 2. The summed E-state index contributed by atoms with van der Waals surface area (Å²) in [6.45, 7) is 0.425. The van der Waals surface area contributed by atoms with Crippen molar-refractivity contribution in [1.82, 2.24) is 0 Å². The number of ether oxygens (including phenoxy) is 2. The van der Waals surface area contributed by atoms with Gasteiger partial charge in [-0.25, -0.2) is 0 Å². The lowest BCUT2D eigenvalue weighted by molar-refractivity contribution is 0.0970. The number of amides is 1. The summed E-state index contributed by atoms with van der Waals surface area (Å²) in [5, 5.41) is 10.7. The smallest absolute Gasteiger partial charge is 0.258 e. The van der Waals surface area contributed by atoms with Crippen molar-refractivity contribution in [3.63, 3.8) is 0 Å². The van der Waals surface area contributed by atoms with Crippen LogP contribution in [0.2, 0.25) is 5.02 Å². The molecule has 1 aliphatic heterocycles. The third-order valence-electron chi connectivity index (χ3n) is 4.11. The van der Waals surface area contributed by atoms with Crippen LogP contribution in [0.5, 0.6) is 11.5 Å². The molecule has 0 aliphatic carbocycles. The minimum atomic E-state index is -0.623. The molecule has 126 valence electrons. The number of fused-ring (bicyclic) bond motifs is 1. The van der Waals surface area contributed by atoms with Crippen molar-refractivity contribution < 1.29 is 19.4 Å². The SMILES string of the molecule is COc1cc(OC)cc(C(=O)N2CCC(O)c3cc(Cl)ccc32)c1. The van der Waals surface area contributed by atoms with E-state index in [4.69, 9.17) is 21.1 Å². The highest BCUT2D eigenvalue weighted by molar-refractivity contribution is 6.30. The lowest BCUT2D eigenvalue weighted by Gasteiger charge is -2.32. The summed E-state index contributed by atoms with van der Waals surface area (Å²) in [5.41, 5.74) is 1.80. The van der Waals surface area contributed by atoms with E-state index < -0.39 is 6.10 Å². The molecular formula is C18H18ClNO4. The molecule has 0 aromatic heterocycles. The van der Waals surface area contributed by atoms with Crippen molar-refractivity contribution in [2.24, 2.45) is 0 Å². The van der Waals surface area contributed by atoms with Gasteiger partial charge in [0.15, 0.2) is 0 Å². The van der Waals surface area contributed by atoms with Crippen LogP contribution in [0, 0.1) is 0 Å². The van der Waals surface area contributed by atoms with Crippen molar-refractivity contribution in [2.75, 3.05) is 25.7 Å². The Kier molecular flexibility index (Phi) is 4.64. The van der Waals surface area contributed by atoms with Gasteiger partial charge in [0.05, 0.1) is 20.3 Å². The van der Waals surface area contributed by atoms with Gasteiger partial charge in [-0.3, -0.25) is 4.79 Å². The molecule has 1 N–H and O–H groups in total. The van der Waals surface area contributed by atoms with E-state index in [0.717, 1.165) is 0 Å². The average molecular weight is 348 g/mol. The van der Waals surface area contributed by atoms with E-state index in [1.807, 2.05) is 0 Å². The van der Waals surface area contributed by atoms with Gasteiger partial charge >= 0.3 is 0 Å². The third-order valence-corrected chi connectivity index (χ3v) is 4.34. The number of nitrogens with zero attached hydrogens (tertiary/aromatic N) is 1. The minimum Gasteiger partial charge on any atom is -0.497 e. The molecular weight excluding hydrogens is 330 g/mol. The van der Waals surface area contributed by atoms with Gasteiger partial charge in [-0.15, -0.1) is 0 Å². The Morgan fingerprint density at radius 2 is 1.83 bits per heavy atom. The fraction of sp³-hybridized carbons (Fsp3) is 0.278. The number of carbonyl (C=O) groups excluding carboxylic acids is 1. The first-order chi connectivity index (χ1) is 11.5. The van der Waals surface area contributed by atoms with Crippen molar-refractivity contribution in [3.8, 4) is 11.5 Å². The van der Waals surface area contributed by atoms with E-state index in [1.54, 1.807) is 41.3 Å². The molecule has 1 unspecified atom stereocenters. The molecule has 1 atom stereocenters. The van der Waals surface area contributed by atoms with E-state index in [2.05, 4.69) is 0 Å². The lowest BCUT2D eigenvalue weighted by atomic mass is 9.98. The second-order valence-corrected chi connectivity index (χ2v) is 6.00. The predicted octanol–water partition coefficient (Wildman–Crippen LogP) is 3.44. The fourth-order valence-electron chi connectivity index (χ4n) is 2.86. The maximum atomic E-state index is 13.0. The molecule has 3 rings (SSSR count). The molecule has 2 aromatic carbocycles. The minimum absolute atomic E-state index is 0.178. The largest absolute Gasteiger partial charge is 0.497 e. The number of carbonyl (C=O) groups is 1. The van der Waals surface area contributed by atoms with Crippen molar-refractivity contribution >= 4 is 23.2 Å². The van der Waals surface area contributed by atoms with Crippen LogP contribution in [-0.4, -0.2) is 31.8 Å². The predicted molar refractivity (Wildman–Crippen MR) is 92.3 cm³/mol. The van der Waals surface area contributed by atoms with Crippen LogP contribution in [0.1, 0.15) is 28.4 Å². The number of benzene rings is 2. The maximum absolute atomic E-state index is 13.0. The Hall–Kier alpha value is -2.24. The van der Waals surface area contributed by atoms with Crippen LogP contribution in [-0.2, 0) is 0 Å². The molecule has 0 spiro atoms. The van der Waals surface area contributed by atoms with E-state index in [9.17, 15) is 9.90 Å². The van der Waals surface area contributed by atoms with Crippen molar-refractivity contribution in [2.45, 2.75) is 12.5 Å². The Labute approximate surface area is 145 Å². The monoisotopic (exact) mass is 347 g/mol. The molecule has 0 saturated carbocycles. The molecule has 24 heavy (non-hydrogen) atoms. The van der Waals surface area contributed by atoms with Crippen molar-refractivity contribution in [3.05, 3.63) is 52.5 Å². The van der Waals surface area contributed by atoms with E-state index in [-0.39, 0.29) is 5.91 Å². The van der Waals surface area contributed by atoms with Gasteiger partial charge in [-0.05, 0) is 36.8 Å². The summed E-state index contributed by atoms with van der Waals surface area (Å²) in [4.78, 5) is 14.6. The Morgan fingerprint density at radius 3 is 2.46 bits per heavy atom. The summed E-state index contributed by atoms with van der Waals surface area (Å²) in [6.07, 6.45) is -0.164. The van der Waals surface area contributed by atoms with Gasteiger partial charge in [0.25, 0.3) is 5.91 Å². The highest BCUT2D eigenvalue weighted by atomic mass is 35.5. The average Bonchev–Trinajstić information content (AvgIpc) is 2.61. The Balaban J connectivity index is 2.01. The van der Waals surface area contributed by atoms with Crippen LogP contribution >= 0.6 is 11.6 Å². The van der Waals surface area contributed by atoms with Crippen molar-refractivity contribution in [1.29, 1.82) is 0 Å². The third kappa shape index (κ3) is 3.05. The van der Waals surface area contributed by atoms with Crippen LogP contribution < -0.4 is 14.4 Å². The summed E-state index contributed by atoms with van der Waals surface area (Å²) >= 11 is 6.02. The number of hydrogen-bond acceptors (Lipinski definition) is 4. The first-order valence-electron chi connectivity index (χ1n) is 7.56. The molecule has 5 nitrogen and oxygen atoms in total. The van der Waals surface area contributed by atoms with Gasteiger partial charge in [0, 0.05) is 34.4 Å². The molecule has 2 aromatic rings. The molecule has 1 heterocycles. The second-order valence-electron chi connectivity index (χ2n) is 5.57. The van der Waals surface area contributed by atoms with Crippen LogP contribution in [0.25, 0.3) is 0 Å². The van der Waals surface area contributed by atoms with Gasteiger partial charge in [-0.1, -0.05) is 11.6 Å². The highest BCUT2D eigenvalue weighted by Crippen LogP contribution is 2.36. The molecule has 1 amide bonds. The Morgan fingerprint density at radius 1 is 1.17 bits per heavy atom. The fourth-order valence-corrected chi connectivity index (χ4v) is 3.04. The number of hydrogen-bond donors (Lipinski definition) is 1. The van der Waals surface area contributed by atoms with Gasteiger partial charge < -0.3 is 19.5 Å². The second kappa shape index (κ2) is 6.71. The zero-order valence-electron chi connectivity index (χ0n) is 13.5. The normalized spacial score (nSPS) is 16.5. The zero-order valence-corrected chi connectivity index (χ0v) is 14.2. The topological polar surface area (TPSA) is 59.0 Å². The van der Waals surface area contributed by atoms with E-state index >= 15 is 0 Å². The number of aliphatic hydroxyl groups excluding tert-OH is 1. The standard InChI is InChI=1S/C18H18ClNO4/c1-23-13-7-11(8-14(10-13)24-2)18(22)20-6-5-17(21)15-9-12(19)3-4-16(15)20/h3-4,7-10,17,21H,5-6H2,1-2H3. The van der Waals surface area contributed by atoms with E-state index in [1.165, 1.54) is 14.2 Å². The summed E-state index contributed by atoms with van der Waals surface area (Å²) in [6, 6.07) is 10.2. The summed E-state index contributed by atoms with van der Waals surface area (Å²) in [7, 11) is 3.08. The molecule has 0 saturated heterocycles. The van der Waals surface area contributed by atoms with Crippen LogP contribution in [0.15, 0.2) is 36.4 Å². The first-order valence-corrected chi connectivity index (χ1v) is 7.93. The molecule has 0 bridgehead atoms. The highest BCUT2D eigenvalue weighted by Gasteiger charge is 2.28. The summed E-state index contributed by atoms with van der Waals surface area (Å²) in [5.74, 6) is 0.916. The van der Waals surface area contributed by atoms with E-state index in [0.29, 0.717) is 46.3 Å². The Bertz CT molecular complexity index is 755. The van der Waals surface area contributed by atoms with Gasteiger partial charge in [0.1, 0.15) is 11.5 Å². The maximum Gasteiger partial charge on any atom is 0.258 e. The summed E-state index contributed by atoms with van der Waals surface area (Å²) < 4.78 is 10.5. The van der Waals surface area contributed by atoms with Gasteiger partial charge in [-0.2, -0.15) is 0 Å². The zero-order chi connectivity index (χ0) is 17.3. The van der Waals surface area contributed by atoms with Gasteiger partial charge in [0.2, 0.25) is 0 Å². The number of aliphatic hydroxyl groups is 1. The first kappa shape index (κ1) is 16.6. The molecule has 6 heteroatoms. The van der Waals surface area contributed by atoms with Crippen LogP contribution in [0.4, 0.5) is 5.69 Å². The molecule has 0 radical (unpaired) electrons. The number of anilines is 1. The van der Waals surface area contributed by atoms with Crippen LogP contribution in [0.3, 0.4) is 0 Å². The molecule has 1 aliphatic rings. The molecule has 0 fully saturated rings. The number of rotatable bonds is 3. The lowest BCUT2D eigenvalue weighted by Crippen LogP contribution is -2.36. The number of halogens is 1.